The third-order valence-corrected chi connectivity index (χ3v) is 5.35. The van der Waals surface area contributed by atoms with Gasteiger partial charge in [-0.2, -0.15) is 4.98 Å². The number of rotatable bonds is 8. The molecule has 0 bridgehead atoms. The molecule has 14 nitrogen and oxygen atoms in total. The van der Waals surface area contributed by atoms with Gasteiger partial charge in [-0.25, -0.2) is 4.79 Å². The Labute approximate surface area is 222 Å². The maximum Gasteiger partial charge on any atom is 0.351 e. The molecule has 208 valence electrons. The third-order valence-electron chi connectivity index (χ3n) is 5.35. The Bertz CT molecular complexity index is 1290. The normalized spacial score (nSPS) is 22.2. The Kier molecular flexibility index (Phi) is 9.49. The quantitative estimate of drug-likeness (QED) is 0.277. The van der Waals surface area contributed by atoms with Crippen molar-refractivity contribution < 1.29 is 47.7 Å². The van der Waals surface area contributed by atoms with E-state index in [1.165, 1.54) is 12.3 Å². The van der Waals surface area contributed by atoms with Crippen molar-refractivity contribution in [1.82, 2.24) is 9.55 Å². The summed E-state index contributed by atoms with van der Waals surface area (Å²) in [6.07, 6.45) is -5.82. The molecule has 0 aliphatic carbocycles. The van der Waals surface area contributed by atoms with E-state index in [0.717, 1.165) is 32.3 Å². The van der Waals surface area contributed by atoms with Gasteiger partial charge in [-0.3, -0.25) is 28.5 Å². The van der Waals surface area contributed by atoms with E-state index in [2.05, 4.69) is 10.3 Å². The zero-order valence-electron chi connectivity index (χ0n) is 21.5. The fourth-order valence-corrected chi connectivity index (χ4v) is 3.88. The van der Waals surface area contributed by atoms with Crippen molar-refractivity contribution in [3.05, 3.63) is 58.6 Å². The van der Waals surface area contributed by atoms with Gasteiger partial charge in [0.25, 0.3) is 5.91 Å². The molecule has 0 unspecified atom stereocenters. The maximum atomic E-state index is 13.1. The van der Waals surface area contributed by atoms with Gasteiger partial charge in [0.15, 0.2) is 24.5 Å². The first-order valence-corrected chi connectivity index (χ1v) is 11.7. The summed E-state index contributed by atoms with van der Waals surface area (Å²) in [5, 5.41) is 2.50. The molecule has 1 saturated heterocycles. The molecule has 0 saturated carbocycles. The highest BCUT2D eigenvalue weighted by atomic mass is 16.8. The van der Waals surface area contributed by atoms with Gasteiger partial charge >= 0.3 is 29.6 Å². The van der Waals surface area contributed by atoms with E-state index in [1.54, 1.807) is 30.3 Å². The van der Waals surface area contributed by atoms with E-state index in [9.17, 15) is 28.8 Å². The molecule has 2 aromatic rings. The second-order valence-electron chi connectivity index (χ2n) is 8.41. The van der Waals surface area contributed by atoms with Gasteiger partial charge in [0.1, 0.15) is 18.5 Å². The van der Waals surface area contributed by atoms with Crippen LogP contribution in [0.3, 0.4) is 0 Å². The second kappa shape index (κ2) is 12.8. The zero-order chi connectivity index (χ0) is 28.7. The van der Waals surface area contributed by atoms with Crippen molar-refractivity contribution >= 4 is 35.6 Å². The molecule has 1 aromatic carbocycles. The smallest absolute Gasteiger partial charge is 0.351 e. The number of ether oxygens (including phenoxy) is 5. The van der Waals surface area contributed by atoms with Gasteiger partial charge in [-0.15, -0.1) is 0 Å². The Hall–Kier alpha value is -4.59. The predicted octanol–water partition coefficient (Wildman–Crippen LogP) is 0.751. The monoisotopic (exact) mass is 551 g/mol. The minimum atomic E-state index is -1.49. The van der Waals surface area contributed by atoms with E-state index < -0.39 is 72.7 Å². The van der Waals surface area contributed by atoms with E-state index in [0.29, 0.717) is 5.56 Å². The fraction of sp³-hybridized carbons (Fsp3) is 0.400. The van der Waals surface area contributed by atoms with E-state index in [-0.39, 0.29) is 5.82 Å². The highest BCUT2D eigenvalue weighted by molar-refractivity contribution is 6.03. The van der Waals surface area contributed by atoms with Crippen molar-refractivity contribution in [2.75, 3.05) is 11.9 Å². The van der Waals surface area contributed by atoms with Crippen LogP contribution >= 0.6 is 0 Å². The lowest BCUT2D eigenvalue weighted by molar-refractivity contribution is -0.269. The van der Waals surface area contributed by atoms with Crippen molar-refractivity contribution in [1.29, 1.82) is 0 Å². The van der Waals surface area contributed by atoms with Crippen LogP contribution < -0.4 is 11.0 Å². The largest absolute Gasteiger partial charge is 0.463 e. The van der Waals surface area contributed by atoms with Gasteiger partial charge in [0.2, 0.25) is 0 Å². The Balaban J connectivity index is 2.01. The van der Waals surface area contributed by atoms with Crippen LogP contribution in [0.1, 0.15) is 44.3 Å². The standard InChI is InChI=1S/C25H27N3O11/c1-13(29)35-12-18-20(36-14(2)30)21(37-15(3)31)22(38-16(4)32)24(39-18)28-11-10-19(27-25(28)34)26-23(33)17-8-6-5-7-9-17/h5-11,18,20-22,24H,12H2,1-4H3,(H,26,27,33,34)/t18-,20-,21+,22-,24-/m1/s1/i12+1,18+1,20+1,21+1,22+1,24+1. The van der Waals surface area contributed by atoms with Crippen LogP contribution in [0, 0.1) is 0 Å². The van der Waals surface area contributed by atoms with E-state index >= 15 is 0 Å². The molecule has 1 aliphatic heterocycles. The van der Waals surface area contributed by atoms with Crippen LogP contribution in [0.4, 0.5) is 5.82 Å². The van der Waals surface area contributed by atoms with E-state index in [1.807, 2.05) is 0 Å². The molecule has 1 fully saturated rings. The topological polar surface area (TPSA) is 178 Å². The highest BCUT2D eigenvalue weighted by Gasteiger charge is 2.53. The number of carbonyl (C=O) groups excluding carboxylic acids is 5. The molecule has 1 amide bonds. The molecule has 3 rings (SSSR count). The first-order chi connectivity index (χ1) is 18.5. The number of hydrogen-bond acceptors (Lipinski definition) is 12. The summed E-state index contributed by atoms with van der Waals surface area (Å²) in [5.41, 5.74) is -0.593. The Morgan fingerprint density at radius 3 is 2.00 bits per heavy atom. The van der Waals surface area contributed by atoms with Gasteiger partial charge in [0.05, 0.1) is 0 Å². The molecular formula is C25H27N3O11. The Morgan fingerprint density at radius 2 is 1.44 bits per heavy atom. The number of carbonyl (C=O) groups is 5. The molecule has 0 spiro atoms. The average Bonchev–Trinajstić information content (AvgIpc) is 2.85. The molecule has 5 atom stereocenters. The summed E-state index contributed by atoms with van der Waals surface area (Å²) in [7, 11) is 0. The number of anilines is 1. The zero-order valence-corrected chi connectivity index (χ0v) is 21.5. The van der Waals surface area contributed by atoms with Crippen LogP contribution in [0.2, 0.25) is 0 Å². The van der Waals surface area contributed by atoms with Crippen molar-refractivity contribution in [3.63, 3.8) is 0 Å². The number of aromatic nitrogens is 2. The number of esters is 4. The number of hydrogen-bond donors (Lipinski definition) is 1. The summed E-state index contributed by atoms with van der Waals surface area (Å²) in [4.78, 5) is 76.7. The number of amides is 1. The molecule has 1 aromatic heterocycles. The minimum absolute atomic E-state index is 0.0734. The molecular weight excluding hydrogens is 524 g/mol. The number of nitrogens with one attached hydrogen (secondary N) is 1. The maximum absolute atomic E-state index is 13.1. The molecule has 0 radical (unpaired) electrons. The minimum Gasteiger partial charge on any atom is -0.463 e. The predicted molar refractivity (Wildman–Crippen MR) is 130 cm³/mol. The van der Waals surface area contributed by atoms with Crippen molar-refractivity contribution in [3.8, 4) is 0 Å². The molecule has 1 aliphatic rings. The summed E-state index contributed by atoms with van der Waals surface area (Å²) < 4.78 is 28.0. The number of nitrogens with zero attached hydrogens (tertiary/aromatic N) is 2. The molecule has 2 heterocycles. The summed E-state index contributed by atoms with van der Waals surface area (Å²) >= 11 is 0. The molecule has 1 N–H and O–H groups in total. The van der Waals surface area contributed by atoms with Crippen LogP contribution in [-0.4, -0.2) is 70.4 Å². The summed E-state index contributed by atoms with van der Waals surface area (Å²) in [6, 6.07) is 9.54. The van der Waals surface area contributed by atoms with E-state index in [4.69, 9.17) is 23.7 Å². The van der Waals surface area contributed by atoms with Crippen LogP contribution in [-0.2, 0) is 42.9 Å². The average molecular weight is 551 g/mol. The van der Waals surface area contributed by atoms with Crippen LogP contribution in [0.15, 0.2) is 47.4 Å². The second-order valence-corrected chi connectivity index (χ2v) is 8.41. The summed E-state index contributed by atoms with van der Waals surface area (Å²) in [6.45, 7) is 3.94. The lowest BCUT2D eigenvalue weighted by Gasteiger charge is -2.44. The van der Waals surface area contributed by atoms with Gasteiger partial charge in [-0.05, 0) is 18.2 Å². The SMILES string of the molecule is CC(=O)O[13CH2][13C@H]1O[13C@@H](n2ccc(NC(=O)c3ccccc3)nc2=O)[13C@H](OC(C)=O)[13C@@H](OC(C)=O)[13C@@H]1OC(C)=O. The van der Waals surface area contributed by atoms with Crippen LogP contribution in [0.25, 0.3) is 0 Å². The first kappa shape index (κ1) is 29.0. The summed E-state index contributed by atoms with van der Waals surface area (Å²) in [5.74, 6) is -3.68. The number of benzene rings is 1. The lowest BCUT2D eigenvalue weighted by atomic mass is 10.2. The fourth-order valence-electron chi connectivity index (χ4n) is 3.88. The molecule has 14 heteroatoms. The van der Waals surface area contributed by atoms with Gasteiger partial charge in [0, 0.05) is 39.5 Å². The lowest BCUT2D eigenvalue weighted by Crippen LogP contribution is -2.61. The van der Waals surface area contributed by atoms with Gasteiger partial charge < -0.3 is 29.0 Å². The first-order valence-electron chi connectivity index (χ1n) is 11.7. The van der Waals surface area contributed by atoms with Gasteiger partial charge in [-0.1, -0.05) is 18.2 Å². The van der Waals surface area contributed by atoms with Crippen molar-refractivity contribution in [2.45, 2.75) is 58.3 Å². The van der Waals surface area contributed by atoms with Crippen molar-refractivity contribution in [2.24, 2.45) is 0 Å². The highest BCUT2D eigenvalue weighted by Crippen LogP contribution is 2.34. The third kappa shape index (κ3) is 7.70. The van der Waals surface area contributed by atoms with Crippen LogP contribution in [0.5, 0.6) is 0 Å². The molecule has 39 heavy (non-hydrogen) atoms. The Morgan fingerprint density at radius 1 is 0.846 bits per heavy atom.